The van der Waals surface area contributed by atoms with Gasteiger partial charge in [0.15, 0.2) is 28.7 Å². The van der Waals surface area contributed by atoms with Gasteiger partial charge < -0.3 is 20.3 Å². The number of fused-ring (bicyclic) bond motifs is 3. The van der Waals surface area contributed by atoms with E-state index in [2.05, 4.69) is 45.9 Å². The summed E-state index contributed by atoms with van der Waals surface area (Å²) in [5.41, 5.74) is 4.92. The van der Waals surface area contributed by atoms with Gasteiger partial charge in [0.05, 0.1) is 5.39 Å². The minimum Gasteiger partial charge on any atom is -0.382 e. The smallest absolute Gasteiger partial charge is 0.275 e. The van der Waals surface area contributed by atoms with Crippen LogP contribution in [0.5, 0.6) is 0 Å². The van der Waals surface area contributed by atoms with Crippen molar-refractivity contribution >= 4 is 28.4 Å². The molecule has 0 spiro atoms. The zero-order valence-corrected chi connectivity index (χ0v) is 20.7. The van der Waals surface area contributed by atoms with Gasteiger partial charge in [-0.15, -0.1) is 30.8 Å². The second-order valence-corrected chi connectivity index (χ2v) is 8.34. The van der Waals surface area contributed by atoms with Gasteiger partial charge in [0.1, 0.15) is 16.9 Å². The SMILES string of the molecule is C#C.C#C.CN(CCCCc1nc2c3cc(F)cc(F)c3nc(N)n2n1)C(=O)c1cc(C(C)(C)O)on1. The third kappa shape index (κ3) is 6.37. The van der Waals surface area contributed by atoms with Crippen molar-refractivity contribution in [3.05, 3.63) is 47.1 Å². The molecule has 1 amide bonds. The van der Waals surface area contributed by atoms with E-state index in [4.69, 9.17) is 10.3 Å². The molecule has 1 aromatic carbocycles. The predicted molar refractivity (Wildman–Crippen MR) is 134 cm³/mol. The van der Waals surface area contributed by atoms with E-state index < -0.39 is 17.2 Å². The fourth-order valence-corrected chi connectivity index (χ4v) is 3.40. The molecule has 3 aromatic heterocycles. The molecule has 0 aliphatic heterocycles. The molecule has 12 heteroatoms. The van der Waals surface area contributed by atoms with E-state index in [1.807, 2.05) is 0 Å². The summed E-state index contributed by atoms with van der Waals surface area (Å²) in [4.78, 5) is 22.3. The number of hydrogen-bond donors (Lipinski definition) is 2. The van der Waals surface area contributed by atoms with Crippen molar-refractivity contribution in [2.75, 3.05) is 19.3 Å². The number of terminal acetylenes is 2. The highest BCUT2D eigenvalue weighted by atomic mass is 19.1. The molecule has 0 saturated heterocycles. The Morgan fingerprint density at radius 1 is 1.16 bits per heavy atom. The van der Waals surface area contributed by atoms with Crippen molar-refractivity contribution in [1.82, 2.24) is 29.6 Å². The van der Waals surface area contributed by atoms with E-state index in [0.717, 1.165) is 12.1 Å². The van der Waals surface area contributed by atoms with Crippen LogP contribution in [0.2, 0.25) is 0 Å². The number of nitrogens with two attached hydrogens (primary N) is 1. The summed E-state index contributed by atoms with van der Waals surface area (Å²) in [5, 5.41) is 18.1. The van der Waals surface area contributed by atoms with Crippen LogP contribution < -0.4 is 5.73 Å². The number of aliphatic hydroxyl groups is 1. The Kier molecular flexibility index (Phi) is 9.25. The minimum absolute atomic E-state index is 0.0508. The molecule has 0 fully saturated rings. The number of carbonyl (C=O) groups is 1. The first-order chi connectivity index (χ1) is 17.5. The Bertz CT molecular complexity index is 1430. The van der Waals surface area contributed by atoms with E-state index >= 15 is 0 Å². The molecule has 0 unspecified atom stereocenters. The molecule has 0 aliphatic carbocycles. The number of amides is 1. The maximum absolute atomic E-state index is 14.1. The van der Waals surface area contributed by atoms with Crippen LogP contribution in [-0.4, -0.2) is 54.2 Å². The quantitative estimate of drug-likeness (QED) is 0.286. The number of unbranched alkanes of at least 4 members (excludes halogenated alkanes) is 1. The maximum Gasteiger partial charge on any atom is 0.275 e. The van der Waals surface area contributed by atoms with Crippen LogP contribution in [-0.2, 0) is 12.0 Å². The minimum atomic E-state index is -1.23. The highest BCUT2D eigenvalue weighted by Crippen LogP contribution is 2.24. The van der Waals surface area contributed by atoms with Gasteiger partial charge in [0.25, 0.3) is 5.91 Å². The van der Waals surface area contributed by atoms with E-state index in [1.165, 1.54) is 15.5 Å². The largest absolute Gasteiger partial charge is 0.382 e. The van der Waals surface area contributed by atoms with Gasteiger partial charge in [0.2, 0.25) is 5.95 Å². The Hall–Kier alpha value is -4.55. The zero-order valence-electron chi connectivity index (χ0n) is 20.7. The average Bonchev–Trinajstić information content (AvgIpc) is 3.53. The number of rotatable bonds is 7. The molecule has 0 atom stereocenters. The van der Waals surface area contributed by atoms with Gasteiger partial charge in [-0.1, -0.05) is 5.16 Å². The average molecular weight is 512 g/mol. The van der Waals surface area contributed by atoms with Crippen molar-refractivity contribution in [1.29, 1.82) is 0 Å². The predicted octanol–water partition coefficient (Wildman–Crippen LogP) is 2.95. The first kappa shape index (κ1) is 28.7. The number of nitrogen functional groups attached to an aromatic ring is 1. The van der Waals surface area contributed by atoms with Crippen molar-refractivity contribution in [2.45, 2.75) is 38.7 Å². The van der Waals surface area contributed by atoms with E-state index in [9.17, 15) is 18.7 Å². The number of aromatic nitrogens is 5. The molecule has 3 N–H and O–H groups in total. The van der Waals surface area contributed by atoms with Gasteiger partial charge in [-0.05, 0) is 32.8 Å². The molecule has 194 valence electrons. The monoisotopic (exact) mass is 511 g/mol. The number of aryl methyl sites for hydroxylation is 1. The van der Waals surface area contributed by atoms with Crippen molar-refractivity contribution in [3.8, 4) is 25.7 Å². The molecular weight excluding hydrogens is 484 g/mol. The van der Waals surface area contributed by atoms with Gasteiger partial charge in [-0.3, -0.25) is 4.79 Å². The second-order valence-electron chi connectivity index (χ2n) is 8.34. The van der Waals surface area contributed by atoms with Crippen LogP contribution in [0.4, 0.5) is 14.7 Å². The number of hydrogen-bond acceptors (Lipinski definition) is 8. The van der Waals surface area contributed by atoms with E-state index in [0.29, 0.717) is 31.6 Å². The fourth-order valence-electron chi connectivity index (χ4n) is 3.40. The summed E-state index contributed by atoms with van der Waals surface area (Å²) < 4.78 is 34.1. The van der Waals surface area contributed by atoms with Crippen LogP contribution in [0.25, 0.3) is 16.6 Å². The molecule has 0 aliphatic rings. The number of anilines is 1. The second kappa shape index (κ2) is 11.9. The Morgan fingerprint density at radius 2 is 1.84 bits per heavy atom. The lowest BCUT2D eigenvalue weighted by molar-refractivity contribution is 0.0473. The molecule has 37 heavy (non-hydrogen) atoms. The van der Waals surface area contributed by atoms with Gasteiger partial charge in [-0.2, -0.15) is 4.52 Å². The molecular formula is C25H27F2N7O3. The molecule has 3 heterocycles. The molecule has 0 bridgehead atoms. The Balaban J connectivity index is 0.00000115. The number of halogens is 2. The molecule has 0 saturated carbocycles. The standard InChI is InChI=1S/C21H23F2N7O3.2C2H2/c1-21(2,32)15-10-14(28-33-15)19(31)29(3)7-5-4-6-16-25-18-12-8-11(22)9-13(23)17(12)26-20(24)30(18)27-16;2*1-2/h8-10,32H,4-7H2,1-3H3,(H2,24,26);2*1-2H. The van der Waals surface area contributed by atoms with Gasteiger partial charge in [-0.25, -0.2) is 18.7 Å². The molecule has 0 radical (unpaired) electrons. The van der Waals surface area contributed by atoms with Crippen LogP contribution >= 0.6 is 0 Å². The van der Waals surface area contributed by atoms with Crippen LogP contribution in [0.1, 0.15) is 48.8 Å². The summed E-state index contributed by atoms with van der Waals surface area (Å²) >= 11 is 0. The summed E-state index contributed by atoms with van der Waals surface area (Å²) in [7, 11) is 1.64. The van der Waals surface area contributed by atoms with Gasteiger partial charge in [0, 0.05) is 32.1 Å². The van der Waals surface area contributed by atoms with Crippen LogP contribution in [0.15, 0.2) is 22.7 Å². The Morgan fingerprint density at radius 3 is 2.46 bits per heavy atom. The lowest BCUT2D eigenvalue weighted by Crippen LogP contribution is -2.28. The first-order valence-corrected chi connectivity index (χ1v) is 11.0. The number of carbonyl (C=O) groups excluding carboxylic acids is 1. The normalized spacial score (nSPS) is 10.9. The van der Waals surface area contributed by atoms with Crippen molar-refractivity contribution in [3.63, 3.8) is 0 Å². The maximum atomic E-state index is 14.1. The number of nitrogens with zero attached hydrogens (tertiary/aromatic N) is 6. The summed E-state index contributed by atoms with van der Waals surface area (Å²) in [6.07, 6.45) is 17.8. The summed E-state index contributed by atoms with van der Waals surface area (Å²) in [6.45, 7) is 3.52. The van der Waals surface area contributed by atoms with E-state index in [-0.39, 0.29) is 39.9 Å². The lowest BCUT2D eigenvalue weighted by Gasteiger charge is -2.15. The summed E-state index contributed by atoms with van der Waals surface area (Å²) in [5.74, 6) is -1.29. The topological polar surface area (TPSA) is 136 Å². The molecule has 10 nitrogen and oxygen atoms in total. The number of benzene rings is 1. The van der Waals surface area contributed by atoms with Crippen molar-refractivity contribution in [2.24, 2.45) is 0 Å². The van der Waals surface area contributed by atoms with Crippen molar-refractivity contribution < 1.29 is 23.2 Å². The summed E-state index contributed by atoms with van der Waals surface area (Å²) in [6, 6.07) is 3.31. The van der Waals surface area contributed by atoms with Crippen LogP contribution in [0, 0.1) is 37.3 Å². The fraction of sp³-hybridized carbons (Fsp3) is 0.320. The third-order valence-corrected chi connectivity index (χ3v) is 5.19. The molecule has 4 aromatic rings. The Labute approximate surface area is 212 Å². The zero-order chi connectivity index (χ0) is 27.9. The third-order valence-electron chi connectivity index (χ3n) is 5.19. The van der Waals surface area contributed by atoms with Gasteiger partial charge >= 0.3 is 0 Å². The first-order valence-electron chi connectivity index (χ1n) is 11.0. The highest BCUT2D eigenvalue weighted by Gasteiger charge is 2.25. The van der Waals surface area contributed by atoms with Crippen LogP contribution in [0.3, 0.4) is 0 Å². The lowest BCUT2D eigenvalue weighted by atomic mass is 10.1. The molecule has 4 rings (SSSR count). The van der Waals surface area contributed by atoms with E-state index in [1.54, 1.807) is 20.9 Å². The highest BCUT2D eigenvalue weighted by molar-refractivity contribution is 5.93.